The maximum absolute atomic E-state index is 12.5. The van der Waals surface area contributed by atoms with Gasteiger partial charge in [-0.1, -0.05) is 36.4 Å². The Morgan fingerprint density at radius 2 is 1.68 bits per heavy atom. The number of ether oxygens (including phenoxy) is 1. The summed E-state index contributed by atoms with van der Waals surface area (Å²) in [5.41, 5.74) is 2.70. The summed E-state index contributed by atoms with van der Waals surface area (Å²) in [6.45, 7) is 1.99. The fraction of sp³-hybridized carbons (Fsp3) is 0.0952. The number of para-hydroxylation sites is 1. The third kappa shape index (κ3) is 4.71. The van der Waals surface area contributed by atoms with Crippen molar-refractivity contribution < 1.29 is 17.3 Å². The Morgan fingerprint density at radius 1 is 1.00 bits per heavy atom. The lowest BCUT2D eigenvalue weighted by molar-refractivity contribution is 0.389. The molecule has 3 rings (SSSR count). The highest BCUT2D eigenvalue weighted by atomic mass is 127. The van der Waals surface area contributed by atoms with Gasteiger partial charge in [-0.15, -0.1) is 0 Å². The van der Waals surface area contributed by atoms with Gasteiger partial charge in [0, 0.05) is 6.21 Å². The van der Waals surface area contributed by atoms with E-state index in [0.717, 1.165) is 16.8 Å². The molecular formula is C21H18INO4S. The third-order valence-corrected chi connectivity index (χ3v) is 5.98. The van der Waals surface area contributed by atoms with Crippen molar-refractivity contribution in [3.05, 3.63) is 81.4 Å². The lowest BCUT2D eigenvalue weighted by Crippen LogP contribution is -2.11. The summed E-state index contributed by atoms with van der Waals surface area (Å²) in [6, 6.07) is 19.3. The van der Waals surface area contributed by atoms with Crippen molar-refractivity contribution in [3.8, 4) is 11.5 Å². The highest BCUT2D eigenvalue weighted by molar-refractivity contribution is 14.1. The molecule has 0 unspecified atom stereocenters. The third-order valence-electron chi connectivity index (χ3n) is 3.94. The van der Waals surface area contributed by atoms with E-state index in [1.807, 2.05) is 53.8 Å². The van der Waals surface area contributed by atoms with Crippen molar-refractivity contribution >= 4 is 44.6 Å². The van der Waals surface area contributed by atoms with Crippen molar-refractivity contribution in [1.29, 1.82) is 0 Å². The van der Waals surface area contributed by atoms with Gasteiger partial charge in [0.05, 0.1) is 16.4 Å². The summed E-state index contributed by atoms with van der Waals surface area (Å²) in [4.78, 5) is 4.58. The smallest absolute Gasteiger partial charge is 0.339 e. The molecule has 0 saturated carbocycles. The quantitative estimate of drug-likeness (QED) is 0.264. The number of rotatable bonds is 6. The van der Waals surface area contributed by atoms with Crippen LogP contribution in [0.5, 0.6) is 11.5 Å². The van der Waals surface area contributed by atoms with E-state index >= 15 is 0 Å². The zero-order chi connectivity index (χ0) is 20.1. The number of hydrogen-bond acceptors (Lipinski definition) is 5. The van der Waals surface area contributed by atoms with Crippen LogP contribution in [0, 0.1) is 10.5 Å². The molecule has 3 aromatic carbocycles. The average Bonchev–Trinajstić information content (AvgIpc) is 2.69. The van der Waals surface area contributed by atoms with Crippen LogP contribution >= 0.6 is 22.6 Å². The Labute approximate surface area is 178 Å². The minimum Gasteiger partial charge on any atom is -0.493 e. The molecule has 0 radical (unpaired) electrons. The summed E-state index contributed by atoms with van der Waals surface area (Å²) in [5.74, 6) is 0.470. The van der Waals surface area contributed by atoms with Crippen LogP contribution in [-0.2, 0) is 10.1 Å². The van der Waals surface area contributed by atoms with E-state index in [0.29, 0.717) is 9.32 Å². The monoisotopic (exact) mass is 507 g/mol. The van der Waals surface area contributed by atoms with Crippen molar-refractivity contribution in [3.63, 3.8) is 0 Å². The maximum Gasteiger partial charge on any atom is 0.339 e. The molecule has 0 N–H and O–H groups in total. The molecule has 0 aromatic heterocycles. The minimum absolute atomic E-state index is 0.0815. The van der Waals surface area contributed by atoms with Crippen LogP contribution in [0.2, 0.25) is 0 Å². The van der Waals surface area contributed by atoms with Crippen LogP contribution in [0.3, 0.4) is 0 Å². The molecule has 7 heteroatoms. The number of aryl methyl sites for hydroxylation is 1. The molecule has 0 fully saturated rings. The molecule has 0 spiro atoms. The number of aliphatic imine (C=N–C) groups is 1. The molecule has 3 aromatic rings. The lowest BCUT2D eigenvalue weighted by Gasteiger charge is -2.13. The normalized spacial score (nSPS) is 11.5. The van der Waals surface area contributed by atoms with E-state index in [1.54, 1.807) is 36.5 Å². The Balaban J connectivity index is 1.93. The van der Waals surface area contributed by atoms with E-state index < -0.39 is 10.1 Å². The number of nitrogens with zero attached hydrogens (tertiary/aromatic N) is 1. The molecule has 0 bridgehead atoms. The lowest BCUT2D eigenvalue weighted by atomic mass is 10.2. The van der Waals surface area contributed by atoms with Gasteiger partial charge in [-0.3, -0.25) is 4.99 Å². The number of benzene rings is 3. The van der Waals surface area contributed by atoms with Gasteiger partial charge in [0.25, 0.3) is 0 Å². The first-order chi connectivity index (χ1) is 13.4. The molecule has 0 saturated heterocycles. The predicted molar refractivity (Wildman–Crippen MR) is 118 cm³/mol. The average molecular weight is 507 g/mol. The van der Waals surface area contributed by atoms with Gasteiger partial charge >= 0.3 is 10.1 Å². The number of hydrogen-bond donors (Lipinski definition) is 0. The summed E-state index contributed by atoms with van der Waals surface area (Å²) < 4.78 is 36.4. The van der Waals surface area contributed by atoms with Gasteiger partial charge in [0.1, 0.15) is 4.90 Å². The van der Waals surface area contributed by atoms with Gasteiger partial charge in [-0.05, 0) is 71.0 Å². The molecule has 0 aliphatic carbocycles. The van der Waals surface area contributed by atoms with Crippen LogP contribution in [-0.4, -0.2) is 21.7 Å². The number of halogens is 1. The van der Waals surface area contributed by atoms with E-state index in [2.05, 4.69) is 4.99 Å². The second-order valence-electron chi connectivity index (χ2n) is 5.93. The number of methoxy groups -OCH3 is 1. The van der Waals surface area contributed by atoms with Crippen LogP contribution < -0.4 is 8.92 Å². The zero-order valence-electron chi connectivity index (χ0n) is 15.3. The van der Waals surface area contributed by atoms with Crippen LogP contribution in [0.25, 0.3) is 0 Å². The second kappa shape index (κ2) is 8.74. The SMILES string of the molecule is COc1cc(C=Nc2ccccc2C)cc(I)c1OS(=O)(=O)c1ccccc1. The predicted octanol–water partition coefficient (Wildman–Crippen LogP) is 5.13. The summed E-state index contributed by atoms with van der Waals surface area (Å²) in [6.07, 6.45) is 1.71. The Kier molecular flexibility index (Phi) is 6.35. The maximum atomic E-state index is 12.5. The summed E-state index contributed by atoms with van der Waals surface area (Å²) >= 11 is 2.02. The van der Waals surface area contributed by atoms with Crippen molar-refractivity contribution in [2.75, 3.05) is 7.11 Å². The van der Waals surface area contributed by atoms with Crippen molar-refractivity contribution in [2.24, 2.45) is 4.99 Å². The topological polar surface area (TPSA) is 65.0 Å². The van der Waals surface area contributed by atoms with Crippen molar-refractivity contribution in [1.82, 2.24) is 0 Å². The molecule has 0 aliphatic rings. The van der Waals surface area contributed by atoms with E-state index in [4.69, 9.17) is 8.92 Å². The second-order valence-corrected chi connectivity index (χ2v) is 8.64. The highest BCUT2D eigenvalue weighted by Gasteiger charge is 2.21. The molecule has 5 nitrogen and oxygen atoms in total. The molecule has 0 amide bonds. The Bertz CT molecular complexity index is 1110. The van der Waals surface area contributed by atoms with E-state index in [1.165, 1.54) is 19.2 Å². The molecule has 0 aliphatic heterocycles. The molecule has 0 atom stereocenters. The fourth-order valence-electron chi connectivity index (χ4n) is 2.49. The standard InChI is InChI=1S/C21H18INO4S/c1-15-8-6-7-11-19(15)23-14-16-12-18(22)21(20(13-16)26-2)27-28(24,25)17-9-4-3-5-10-17/h3-14H,1-2H3. The van der Waals surface area contributed by atoms with Crippen LogP contribution in [0.4, 0.5) is 5.69 Å². The first kappa shape index (κ1) is 20.3. The summed E-state index contributed by atoms with van der Waals surface area (Å²) in [7, 11) is -2.49. The van der Waals surface area contributed by atoms with Crippen LogP contribution in [0.15, 0.2) is 76.6 Å². The largest absolute Gasteiger partial charge is 0.493 e. The molecule has 28 heavy (non-hydrogen) atoms. The van der Waals surface area contributed by atoms with E-state index in [9.17, 15) is 8.42 Å². The van der Waals surface area contributed by atoms with Crippen molar-refractivity contribution in [2.45, 2.75) is 11.8 Å². The first-order valence-electron chi connectivity index (χ1n) is 8.37. The Hall–Kier alpha value is -2.39. The van der Waals surface area contributed by atoms with Gasteiger partial charge in [0.15, 0.2) is 11.5 Å². The van der Waals surface area contributed by atoms with Gasteiger partial charge in [-0.2, -0.15) is 8.42 Å². The summed E-state index contributed by atoms with van der Waals surface area (Å²) in [5, 5.41) is 0. The zero-order valence-corrected chi connectivity index (χ0v) is 18.3. The van der Waals surface area contributed by atoms with Gasteiger partial charge in [-0.25, -0.2) is 0 Å². The minimum atomic E-state index is -3.96. The first-order valence-corrected chi connectivity index (χ1v) is 10.9. The highest BCUT2D eigenvalue weighted by Crippen LogP contribution is 2.35. The van der Waals surface area contributed by atoms with Gasteiger partial charge in [0.2, 0.25) is 0 Å². The Morgan fingerprint density at radius 3 is 2.36 bits per heavy atom. The van der Waals surface area contributed by atoms with Crippen LogP contribution in [0.1, 0.15) is 11.1 Å². The molecular weight excluding hydrogens is 489 g/mol. The molecule has 144 valence electrons. The molecule has 0 heterocycles. The van der Waals surface area contributed by atoms with E-state index in [-0.39, 0.29) is 10.6 Å². The fourth-order valence-corrected chi connectivity index (χ4v) is 4.36. The van der Waals surface area contributed by atoms with Gasteiger partial charge < -0.3 is 8.92 Å².